The largest absolute Gasteiger partial charge is 3.00 e. The molecule has 0 bridgehead atoms. The predicted octanol–water partition coefficient (Wildman–Crippen LogP) is 11.7. The summed E-state index contributed by atoms with van der Waals surface area (Å²) in [5.74, 6) is 0. The molecule has 0 aliphatic carbocycles. The van der Waals surface area contributed by atoms with Crippen molar-refractivity contribution in [1.82, 2.24) is 0 Å². The van der Waals surface area contributed by atoms with Crippen molar-refractivity contribution in [3.05, 3.63) is 188 Å². The molecule has 1 heterocycles. The minimum absolute atomic E-state index is 0. The first-order chi connectivity index (χ1) is 25.9. The van der Waals surface area contributed by atoms with Gasteiger partial charge in [-0.05, 0) is 60.5 Å². The van der Waals surface area contributed by atoms with Crippen LogP contribution in [0.25, 0.3) is 5.32 Å². The first-order valence-electron chi connectivity index (χ1n) is 18.9. The van der Waals surface area contributed by atoms with Gasteiger partial charge in [0.2, 0.25) is 0 Å². The summed E-state index contributed by atoms with van der Waals surface area (Å²) < 4.78 is 4.94. The van der Waals surface area contributed by atoms with Gasteiger partial charge in [-0.3, -0.25) is 0 Å². The van der Waals surface area contributed by atoms with Crippen LogP contribution in [0.2, 0.25) is 39.3 Å². The third-order valence-corrected chi connectivity index (χ3v) is 12.3. The molecule has 0 radical (unpaired) electrons. The average Bonchev–Trinajstić information content (AvgIpc) is 3.75. The monoisotopic (exact) mass is 871 g/mol. The molecule has 2 nitrogen and oxygen atoms in total. The van der Waals surface area contributed by atoms with Crippen molar-refractivity contribution in [2.24, 2.45) is 0 Å². The van der Waals surface area contributed by atoms with Crippen LogP contribution in [0.4, 0.5) is 11.4 Å². The molecule has 0 spiro atoms. The zero-order valence-electron chi connectivity index (χ0n) is 33.7. The van der Waals surface area contributed by atoms with Crippen molar-refractivity contribution in [2.75, 3.05) is 13.2 Å². The standard InChI is InChI=1S/C36H28NP2.C4H8O.2C4H11Si.Y/c1-5-17-29(18-6-1)38(30-19-7-2-8-20-30)35-27-15-13-25-33(35)37-34-26-14-16-28-36(34)39(31-21-9-3-10-22-31)32-23-11-4-12-24-32;1-2-4-5-3-1;2*1-5(2,3)4;/h1-28H;1-4H2;2*1H2,2-4H3;/q-1;;2*-1;+3. The third kappa shape index (κ3) is 17.7. The molecular formula is C48H58NOP2Si2Y. The molecule has 0 saturated carbocycles. The van der Waals surface area contributed by atoms with Crippen LogP contribution in [-0.2, 0) is 37.4 Å². The Bertz CT molecular complexity index is 1680. The molecule has 1 saturated heterocycles. The van der Waals surface area contributed by atoms with E-state index in [2.05, 4.69) is 222 Å². The van der Waals surface area contributed by atoms with Gasteiger partial charge in [0.1, 0.15) is 0 Å². The average molecular weight is 872 g/mol. The first kappa shape index (κ1) is 46.9. The van der Waals surface area contributed by atoms with Gasteiger partial charge in [0.25, 0.3) is 0 Å². The summed E-state index contributed by atoms with van der Waals surface area (Å²) in [4.78, 5) is 0. The van der Waals surface area contributed by atoms with E-state index in [-0.39, 0.29) is 32.7 Å². The maximum absolute atomic E-state index is 5.42. The van der Waals surface area contributed by atoms with Crippen molar-refractivity contribution in [3.8, 4) is 0 Å². The van der Waals surface area contributed by atoms with Crippen LogP contribution in [0.5, 0.6) is 0 Å². The van der Waals surface area contributed by atoms with Crippen LogP contribution in [0.3, 0.4) is 0 Å². The number of ether oxygens (including phenoxy) is 1. The van der Waals surface area contributed by atoms with Gasteiger partial charge in [-0.2, -0.15) is 0 Å². The summed E-state index contributed by atoms with van der Waals surface area (Å²) in [7, 11) is -3.25. The number of hydrogen-bond donors (Lipinski definition) is 0. The molecule has 1 aliphatic rings. The van der Waals surface area contributed by atoms with Crippen molar-refractivity contribution in [2.45, 2.75) is 52.1 Å². The predicted molar refractivity (Wildman–Crippen MR) is 250 cm³/mol. The molecule has 0 N–H and O–H groups in total. The number of hydrogen-bond acceptors (Lipinski definition) is 1. The molecule has 7 heteroatoms. The molecule has 0 amide bonds. The molecule has 1 aliphatic heterocycles. The summed E-state index contributed by atoms with van der Waals surface area (Å²) in [5, 5.41) is 13.2. The van der Waals surface area contributed by atoms with Crippen molar-refractivity contribution in [1.29, 1.82) is 0 Å². The van der Waals surface area contributed by atoms with E-state index in [4.69, 9.17) is 10.1 Å². The molecule has 282 valence electrons. The van der Waals surface area contributed by atoms with Gasteiger partial charge in [-0.1, -0.05) is 209 Å². The summed E-state index contributed by atoms with van der Waals surface area (Å²) in [6, 6.07) is 60.7. The molecule has 7 rings (SSSR count). The molecule has 6 aromatic carbocycles. The van der Waals surface area contributed by atoms with Crippen molar-refractivity contribution >= 4 is 75.2 Å². The fraction of sp³-hybridized carbons (Fsp3) is 0.208. The summed E-state index contributed by atoms with van der Waals surface area (Å²) in [6.07, 6.45) is 2.56. The van der Waals surface area contributed by atoms with E-state index >= 15 is 0 Å². The fourth-order valence-electron chi connectivity index (χ4n) is 5.30. The summed E-state index contributed by atoms with van der Waals surface area (Å²) in [6.45, 7) is 23.1. The second kappa shape index (κ2) is 24.3. The number of benzene rings is 6. The van der Waals surface area contributed by atoms with Gasteiger partial charge in [-0.25, -0.2) is 0 Å². The molecule has 55 heavy (non-hydrogen) atoms. The minimum atomic E-state index is -0.861. The van der Waals surface area contributed by atoms with Crippen molar-refractivity contribution < 1.29 is 37.4 Å². The maximum Gasteiger partial charge on any atom is 3.00 e. The van der Waals surface area contributed by atoms with E-state index in [9.17, 15) is 0 Å². The van der Waals surface area contributed by atoms with Crippen LogP contribution in [0.15, 0.2) is 170 Å². The number of rotatable bonds is 8. The normalized spacial score (nSPS) is 12.2. The van der Waals surface area contributed by atoms with Crippen LogP contribution >= 0.6 is 15.8 Å². The Morgan fingerprint density at radius 2 is 0.655 bits per heavy atom. The van der Waals surface area contributed by atoms with Gasteiger partial charge >= 0.3 is 32.7 Å². The topological polar surface area (TPSA) is 23.3 Å². The summed E-state index contributed by atoms with van der Waals surface area (Å²) in [5.41, 5.74) is 2.06. The molecule has 0 atom stereocenters. The fourth-order valence-corrected chi connectivity index (χ4v) is 10.1. The molecular weight excluding hydrogens is 814 g/mol. The Morgan fingerprint density at radius 3 is 0.891 bits per heavy atom. The van der Waals surface area contributed by atoms with Gasteiger partial charge < -0.3 is 23.1 Å². The Morgan fingerprint density at radius 1 is 0.418 bits per heavy atom. The van der Waals surface area contributed by atoms with Gasteiger partial charge in [0.15, 0.2) is 0 Å². The Hall–Kier alpha value is -2.52. The van der Waals surface area contributed by atoms with Gasteiger partial charge in [-0.15, -0.1) is 27.5 Å². The van der Waals surface area contributed by atoms with E-state index in [0.29, 0.717) is 0 Å². The Balaban J connectivity index is 0.000000429. The maximum atomic E-state index is 5.42. The van der Waals surface area contributed by atoms with Crippen LogP contribution in [-0.4, -0.2) is 29.4 Å². The third-order valence-electron chi connectivity index (χ3n) is 7.37. The van der Waals surface area contributed by atoms with E-state index in [1.54, 1.807) is 0 Å². The Kier molecular flexibility index (Phi) is 20.7. The van der Waals surface area contributed by atoms with E-state index in [0.717, 1.165) is 24.6 Å². The van der Waals surface area contributed by atoms with E-state index in [1.165, 1.54) is 44.7 Å². The minimum Gasteiger partial charge on any atom is -0.657 e. The second-order valence-electron chi connectivity index (χ2n) is 15.5. The molecule has 6 aromatic rings. The quantitative estimate of drug-likeness (QED) is 0.0849. The smallest absolute Gasteiger partial charge is 0.657 e. The zero-order chi connectivity index (χ0) is 38.8. The second-order valence-corrected chi connectivity index (χ2v) is 30.2. The SMILES string of the molecule is C1CCOC1.[CH2-][Si](C)(C)C.[CH2-][Si](C)(C)C.[Y+3].c1ccc(P(c2ccccc2)c2ccccc2[N-]c2ccccc2P(c2ccccc2)c2ccccc2)cc1. The van der Waals surface area contributed by atoms with Crippen LogP contribution in [0.1, 0.15) is 12.8 Å². The van der Waals surface area contributed by atoms with E-state index < -0.39 is 32.0 Å². The summed E-state index contributed by atoms with van der Waals surface area (Å²) >= 11 is 0. The molecule has 0 unspecified atom stereocenters. The van der Waals surface area contributed by atoms with Crippen molar-refractivity contribution in [3.63, 3.8) is 0 Å². The van der Waals surface area contributed by atoms with Crippen LogP contribution < -0.4 is 31.8 Å². The first-order valence-corrected chi connectivity index (χ1v) is 29.0. The molecule has 1 fully saturated rings. The Labute approximate surface area is 363 Å². The molecule has 0 aromatic heterocycles. The van der Waals surface area contributed by atoms with E-state index in [1.807, 2.05) is 0 Å². The van der Waals surface area contributed by atoms with Crippen LogP contribution in [0, 0.1) is 13.1 Å². The zero-order valence-corrected chi connectivity index (χ0v) is 40.4. The number of nitrogens with zero attached hydrogens (tertiary/aromatic N) is 1. The van der Waals surface area contributed by atoms with Gasteiger partial charge in [0, 0.05) is 13.2 Å². The number of para-hydroxylation sites is 2. The van der Waals surface area contributed by atoms with Gasteiger partial charge in [0.05, 0.1) is 0 Å².